The highest BCUT2D eigenvalue weighted by atomic mass is 16.5. The van der Waals surface area contributed by atoms with Crippen molar-refractivity contribution < 1.29 is 19.1 Å². The molecule has 2 saturated heterocycles. The molecule has 0 radical (unpaired) electrons. The molecule has 2 aromatic carbocycles. The molecule has 3 fully saturated rings. The number of alkyl carbamates (subject to hydrolysis) is 1. The molecule has 2 aliphatic heterocycles. The Kier molecular flexibility index (Phi) is 5.37. The zero-order valence-corrected chi connectivity index (χ0v) is 19.6. The average molecular weight is 473 g/mol. The van der Waals surface area contributed by atoms with E-state index in [9.17, 15) is 9.59 Å². The van der Waals surface area contributed by atoms with E-state index in [1.54, 1.807) is 0 Å². The Morgan fingerprint density at radius 1 is 1.26 bits per heavy atom. The van der Waals surface area contributed by atoms with Crippen LogP contribution in [0.2, 0.25) is 0 Å². The second-order valence-electron chi connectivity index (χ2n) is 9.79. The molecule has 1 aromatic heterocycles. The number of aromatic amines is 1. The third-order valence-electron chi connectivity index (χ3n) is 7.80. The topological polar surface area (TPSA) is 96.6 Å². The van der Waals surface area contributed by atoms with E-state index in [2.05, 4.69) is 16.2 Å². The van der Waals surface area contributed by atoms with Crippen LogP contribution in [0.25, 0.3) is 21.8 Å². The van der Waals surface area contributed by atoms with Crippen molar-refractivity contribution in [2.45, 2.75) is 43.8 Å². The van der Waals surface area contributed by atoms with E-state index < -0.39 is 12.1 Å². The number of nitrogens with zero attached hydrogens (tertiary/aromatic N) is 2. The van der Waals surface area contributed by atoms with Crippen molar-refractivity contribution in [1.29, 1.82) is 0 Å². The Morgan fingerprint density at radius 3 is 2.86 bits per heavy atom. The highest BCUT2D eigenvalue weighted by molar-refractivity contribution is 6.04. The van der Waals surface area contributed by atoms with Crippen molar-refractivity contribution in [1.82, 2.24) is 20.2 Å². The molecule has 1 aliphatic carbocycles. The van der Waals surface area contributed by atoms with E-state index in [0.717, 1.165) is 58.9 Å². The van der Waals surface area contributed by atoms with Crippen LogP contribution < -0.4 is 5.32 Å². The van der Waals surface area contributed by atoms with Gasteiger partial charge in [0.05, 0.1) is 24.2 Å². The predicted octanol–water partition coefficient (Wildman–Crippen LogP) is 3.51. The predicted molar refractivity (Wildman–Crippen MR) is 131 cm³/mol. The number of benzene rings is 2. The number of fused-ring (bicyclic) bond motifs is 4. The van der Waals surface area contributed by atoms with E-state index >= 15 is 0 Å². The second kappa shape index (κ2) is 8.58. The summed E-state index contributed by atoms with van der Waals surface area (Å²) in [7, 11) is 1.32. The fourth-order valence-electron chi connectivity index (χ4n) is 5.87. The molecule has 6 rings (SSSR count). The molecular formula is C27H28N4O4. The Hall–Kier alpha value is -3.57. The first-order valence-electron chi connectivity index (χ1n) is 12.2. The van der Waals surface area contributed by atoms with Crippen LogP contribution in [0.1, 0.15) is 43.1 Å². The highest BCUT2D eigenvalue weighted by Crippen LogP contribution is 2.53. The number of aromatic nitrogens is 2. The lowest BCUT2D eigenvalue weighted by atomic mass is 9.90. The van der Waals surface area contributed by atoms with Gasteiger partial charge in [-0.15, -0.1) is 6.42 Å². The summed E-state index contributed by atoms with van der Waals surface area (Å²) >= 11 is 0. The number of terminal acetylenes is 1. The summed E-state index contributed by atoms with van der Waals surface area (Å²) in [4.78, 5) is 36.5. The van der Waals surface area contributed by atoms with E-state index in [4.69, 9.17) is 20.9 Å². The molecule has 3 heterocycles. The molecule has 3 aromatic rings. The van der Waals surface area contributed by atoms with Gasteiger partial charge in [-0.3, -0.25) is 4.79 Å². The largest absolute Gasteiger partial charge is 0.453 e. The van der Waals surface area contributed by atoms with Gasteiger partial charge in [0, 0.05) is 30.2 Å². The number of likely N-dealkylation sites (tertiary alicyclic amines) is 1. The smallest absolute Gasteiger partial charge is 0.407 e. The van der Waals surface area contributed by atoms with Gasteiger partial charge >= 0.3 is 6.09 Å². The van der Waals surface area contributed by atoms with Crippen LogP contribution in [0.4, 0.5) is 4.79 Å². The minimum Gasteiger partial charge on any atom is -0.453 e. The Bertz CT molecular complexity index is 1350. The molecule has 2 amide bonds. The Morgan fingerprint density at radius 2 is 2.09 bits per heavy atom. The van der Waals surface area contributed by atoms with E-state index in [1.165, 1.54) is 7.11 Å². The molecule has 3 aliphatic rings. The van der Waals surface area contributed by atoms with Crippen LogP contribution >= 0.6 is 0 Å². The number of piperidine rings is 1. The highest BCUT2D eigenvalue weighted by Gasteiger charge is 2.56. The normalized spacial score (nSPS) is 24.7. The first-order valence-corrected chi connectivity index (χ1v) is 12.2. The number of amides is 2. The number of imidazole rings is 1. The van der Waals surface area contributed by atoms with Crippen molar-refractivity contribution in [2.75, 3.05) is 20.3 Å². The Balaban J connectivity index is 1.34. The lowest BCUT2D eigenvalue weighted by Gasteiger charge is -2.35. The zero-order chi connectivity index (χ0) is 24.1. The first-order chi connectivity index (χ1) is 17.1. The molecule has 1 saturated carbocycles. The minimum absolute atomic E-state index is 0.0127. The van der Waals surface area contributed by atoms with Crippen molar-refractivity contribution in [3.05, 3.63) is 41.7 Å². The number of hydrogen-bond acceptors (Lipinski definition) is 5. The van der Waals surface area contributed by atoms with Gasteiger partial charge in [0.15, 0.2) is 0 Å². The van der Waals surface area contributed by atoms with Crippen molar-refractivity contribution >= 4 is 33.8 Å². The fraction of sp³-hybridized carbons (Fsp3) is 0.444. The fourth-order valence-corrected chi connectivity index (χ4v) is 5.87. The van der Waals surface area contributed by atoms with Gasteiger partial charge in [0.25, 0.3) is 0 Å². The number of H-pyrrole nitrogens is 1. The number of hydrogen-bond donors (Lipinski definition) is 2. The number of ether oxygens (including phenoxy) is 2. The molecule has 0 bridgehead atoms. The first kappa shape index (κ1) is 21.9. The van der Waals surface area contributed by atoms with Crippen LogP contribution in [0.3, 0.4) is 0 Å². The standard InChI is InChI=1S/C27H28N4O4/c1-3-15-4-6-19-17(12-15)5-7-20-24(19)29-25(28-20)22-14-18-13-21(18)31(22)26(32)23(30-27(33)34-2)16-8-10-35-11-9-16/h1,4-7,12,16,18,21-23H,8-11,13-14H2,2H3,(H,28,29)(H,30,33)/t18-,21?,22+,23+/m1/s1. The minimum atomic E-state index is -0.638. The number of carbonyl (C=O) groups is 2. The van der Waals surface area contributed by atoms with Crippen molar-refractivity contribution in [2.24, 2.45) is 11.8 Å². The van der Waals surface area contributed by atoms with Gasteiger partial charge in [-0.25, -0.2) is 9.78 Å². The lowest BCUT2D eigenvalue weighted by molar-refractivity contribution is -0.138. The maximum atomic E-state index is 14.0. The van der Waals surface area contributed by atoms with Crippen LogP contribution in [-0.2, 0) is 14.3 Å². The maximum absolute atomic E-state index is 14.0. The Labute approximate surface area is 203 Å². The van der Waals surface area contributed by atoms with E-state index in [0.29, 0.717) is 19.1 Å². The maximum Gasteiger partial charge on any atom is 0.407 e. The summed E-state index contributed by atoms with van der Waals surface area (Å²) in [6.45, 7) is 1.18. The quantitative estimate of drug-likeness (QED) is 0.567. The van der Waals surface area contributed by atoms with Crippen molar-refractivity contribution in [3.63, 3.8) is 0 Å². The number of rotatable bonds is 4. The van der Waals surface area contributed by atoms with Gasteiger partial charge in [-0.05, 0) is 61.1 Å². The van der Waals surface area contributed by atoms with Crippen LogP contribution in [0, 0.1) is 24.2 Å². The monoisotopic (exact) mass is 472 g/mol. The molecule has 8 heteroatoms. The van der Waals surface area contributed by atoms with Gasteiger partial charge in [-0.1, -0.05) is 18.1 Å². The van der Waals surface area contributed by atoms with E-state index in [-0.39, 0.29) is 23.9 Å². The summed E-state index contributed by atoms with van der Waals surface area (Å²) in [5, 5.41) is 4.93. The number of nitrogens with one attached hydrogen (secondary N) is 2. The molecule has 35 heavy (non-hydrogen) atoms. The summed E-state index contributed by atoms with van der Waals surface area (Å²) in [6.07, 6.45) is 8.30. The number of methoxy groups -OCH3 is 1. The van der Waals surface area contributed by atoms with Crippen LogP contribution in [0.5, 0.6) is 0 Å². The molecule has 2 N–H and O–H groups in total. The third-order valence-corrected chi connectivity index (χ3v) is 7.80. The zero-order valence-electron chi connectivity index (χ0n) is 19.6. The summed E-state index contributed by atoms with van der Waals surface area (Å²) < 4.78 is 10.3. The van der Waals surface area contributed by atoms with Crippen LogP contribution in [-0.4, -0.2) is 59.3 Å². The molecule has 1 unspecified atom stereocenters. The van der Waals surface area contributed by atoms with Gasteiger partial charge in [0.1, 0.15) is 11.9 Å². The SMILES string of the molecule is C#Cc1ccc2c(ccc3nc([C@@H]4C[C@H]5CC5N4C(=O)[C@@H](NC(=O)OC)C4CCOCC4)[nH]c32)c1. The van der Waals surface area contributed by atoms with Crippen molar-refractivity contribution in [3.8, 4) is 12.3 Å². The molecule has 8 nitrogen and oxygen atoms in total. The van der Waals surface area contributed by atoms with E-state index in [1.807, 2.05) is 35.2 Å². The molecular weight excluding hydrogens is 444 g/mol. The molecule has 180 valence electrons. The average Bonchev–Trinajstić information content (AvgIpc) is 3.34. The van der Waals surface area contributed by atoms with Gasteiger partial charge < -0.3 is 24.7 Å². The summed E-state index contributed by atoms with van der Waals surface area (Å²) in [6, 6.07) is 9.36. The number of carbonyl (C=O) groups excluding carboxylic acids is 2. The summed E-state index contributed by atoms with van der Waals surface area (Å²) in [5.41, 5.74) is 2.65. The second-order valence-corrected chi connectivity index (χ2v) is 9.79. The van der Waals surface area contributed by atoms with Crippen LogP contribution in [0.15, 0.2) is 30.3 Å². The lowest BCUT2D eigenvalue weighted by Crippen LogP contribution is -2.54. The third kappa shape index (κ3) is 3.80. The molecule has 0 spiro atoms. The summed E-state index contributed by atoms with van der Waals surface area (Å²) in [5.74, 6) is 3.90. The van der Waals surface area contributed by atoms with Gasteiger partial charge in [0.2, 0.25) is 5.91 Å². The van der Waals surface area contributed by atoms with Gasteiger partial charge in [-0.2, -0.15) is 0 Å². The molecule has 4 atom stereocenters.